The number of hydrogen-bond donors (Lipinski definition) is 1. The first-order valence-corrected chi connectivity index (χ1v) is 7.25. The number of rotatable bonds is 4. The van der Waals surface area contributed by atoms with E-state index in [4.69, 9.17) is 4.74 Å². The molecule has 0 aliphatic carbocycles. The summed E-state index contributed by atoms with van der Waals surface area (Å²) >= 11 is 0. The standard InChI is InChI=1S/C16H21NO4/c1-21-11-12-7-4-5-8-13(12)15(18)17-10-6-2-3-9-14(17)16(19)20/h4-5,7-8,14H,2-3,6,9-11H2,1H3,(H,19,20). The molecule has 1 atom stereocenters. The Morgan fingerprint density at radius 1 is 1.29 bits per heavy atom. The zero-order valence-corrected chi connectivity index (χ0v) is 12.2. The van der Waals surface area contributed by atoms with Crippen LogP contribution in [0.5, 0.6) is 0 Å². The highest BCUT2D eigenvalue weighted by atomic mass is 16.5. The highest BCUT2D eigenvalue weighted by Gasteiger charge is 2.31. The molecule has 114 valence electrons. The van der Waals surface area contributed by atoms with Gasteiger partial charge < -0.3 is 14.7 Å². The second kappa shape index (κ2) is 7.22. The number of hydrogen-bond acceptors (Lipinski definition) is 3. The van der Waals surface area contributed by atoms with Gasteiger partial charge in [0.1, 0.15) is 6.04 Å². The quantitative estimate of drug-likeness (QED) is 0.924. The van der Waals surface area contributed by atoms with Crippen LogP contribution in [0, 0.1) is 0 Å². The summed E-state index contributed by atoms with van der Waals surface area (Å²) in [5.41, 5.74) is 1.32. The lowest BCUT2D eigenvalue weighted by atomic mass is 10.0. The summed E-state index contributed by atoms with van der Waals surface area (Å²) in [5.74, 6) is -1.13. The van der Waals surface area contributed by atoms with Crippen LogP contribution in [-0.2, 0) is 16.1 Å². The minimum atomic E-state index is -0.922. The predicted octanol–water partition coefficient (Wildman–Crippen LogP) is 2.30. The number of carboxylic acids is 1. The maximum absolute atomic E-state index is 12.8. The number of methoxy groups -OCH3 is 1. The van der Waals surface area contributed by atoms with Crippen LogP contribution in [0.3, 0.4) is 0 Å². The van der Waals surface area contributed by atoms with Crippen LogP contribution < -0.4 is 0 Å². The summed E-state index contributed by atoms with van der Waals surface area (Å²) in [5, 5.41) is 9.38. The summed E-state index contributed by atoms with van der Waals surface area (Å²) in [6.45, 7) is 0.838. The van der Waals surface area contributed by atoms with Gasteiger partial charge in [-0.05, 0) is 24.5 Å². The molecule has 0 radical (unpaired) electrons. The number of ether oxygens (including phenoxy) is 1. The Morgan fingerprint density at radius 2 is 2.05 bits per heavy atom. The van der Waals surface area contributed by atoms with Crippen molar-refractivity contribution in [2.45, 2.75) is 38.3 Å². The average Bonchev–Trinajstić information content (AvgIpc) is 2.73. The average molecular weight is 291 g/mol. The van der Waals surface area contributed by atoms with Crippen LogP contribution in [0.4, 0.5) is 0 Å². The van der Waals surface area contributed by atoms with Crippen molar-refractivity contribution in [1.29, 1.82) is 0 Å². The molecule has 21 heavy (non-hydrogen) atoms. The molecule has 0 saturated carbocycles. The number of carboxylic acid groups (broad SMARTS) is 1. The molecule has 1 aliphatic heterocycles. The van der Waals surface area contributed by atoms with E-state index in [2.05, 4.69) is 0 Å². The molecule has 1 fully saturated rings. The third kappa shape index (κ3) is 3.61. The van der Waals surface area contributed by atoms with Gasteiger partial charge in [0.25, 0.3) is 5.91 Å². The van der Waals surface area contributed by atoms with Crippen LogP contribution in [0.15, 0.2) is 24.3 Å². The first kappa shape index (κ1) is 15.5. The highest BCUT2D eigenvalue weighted by molar-refractivity contribution is 5.97. The minimum absolute atomic E-state index is 0.211. The van der Waals surface area contributed by atoms with E-state index in [-0.39, 0.29) is 5.91 Å². The normalized spacial score (nSPS) is 19.1. The molecule has 1 heterocycles. The van der Waals surface area contributed by atoms with E-state index < -0.39 is 12.0 Å². The van der Waals surface area contributed by atoms with Gasteiger partial charge in [-0.1, -0.05) is 31.0 Å². The van der Waals surface area contributed by atoms with Crippen molar-refractivity contribution in [3.8, 4) is 0 Å². The molecule has 1 aromatic rings. The first-order chi connectivity index (χ1) is 10.1. The Morgan fingerprint density at radius 3 is 2.76 bits per heavy atom. The van der Waals surface area contributed by atoms with Gasteiger partial charge in [-0.3, -0.25) is 4.79 Å². The lowest BCUT2D eigenvalue weighted by Gasteiger charge is -2.27. The fraction of sp³-hybridized carbons (Fsp3) is 0.500. The first-order valence-electron chi connectivity index (χ1n) is 7.25. The van der Waals surface area contributed by atoms with E-state index in [1.165, 1.54) is 4.90 Å². The topological polar surface area (TPSA) is 66.8 Å². The van der Waals surface area contributed by atoms with E-state index in [9.17, 15) is 14.7 Å². The number of carbonyl (C=O) groups is 2. The van der Waals surface area contributed by atoms with Crippen LogP contribution >= 0.6 is 0 Å². The van der Waals surface area contributed by atoms with Crippen LogP contribution in [0.25, 0.3) is 0 Å². The molecule has 1 unspecified atom stereocenters. The van der Waals surface area contributed by atoms with Crippen LogP contribution in [0.2, 0.25) is 0 Å². The minimum Gasteiger partial charge on any atom is -0.480 e. The molecule has 2 rings (SSSR count). The summed E-state index contributed by atoms with van der Waals surface area (Å²) in [6.07, 6.45) is 3.18. The van der Waals surface area contributed by atoms with E-state index >= 15 is 0 Å². The van der Waals surface area contributed by atoms with Gasteiger partial charge in [-0.25, -0.2) is 4.79 Å². The SMILES string of the molecule is COCc1ccccc1C(=O)N1CCCCCC1C(=O)O. The van der Waals surface area contributed by atoms with Crippen LogP contribution in [-0.4, -0.2) is 41.6 Å². The number of aliphatic carboxylic acids is 1. The molecule has 1 aromatic carbocycles. The van der Waals surface area contributed by atoms with Crippen molar-refractivity contribution >= 4 is 11.9 Å². The number of benzene rings is 1. The molecule has 1 N–H and O–H groups in total. The van der Waals surface area contributed by atoms with Crippen molar-refractivity contribution in [2.24, 2.45) is 0 Å². The second-order valence-corrected chi connectivity index (χ2v) is 5.29. The van der Waals surface area contributed by atoms with Crippen molar-refractivity contribution in [3.63, 3.8) is 0 Å². The Balaban J connectivity index is 2.30. The monoisotopic (exact) mass is 291 g/mol. The third-order valence-electron chi connectivity index (χ3n) is 3.85. The molecule has 1 amide bonds. The van der Waals surface area contributed by atoms with E-state index in [0.717, 1.165) is 24.8 Å². The maximum atomic E-state index is 12.8. The number of nitrogens with zero attached hydrogens (tertiary/aromatic N) is 1. The van der Waals surface area contributed by atoms with Crippen molar-refractivity contribution in [2.75, 3.05) is 13.7 Å². The Hall–Kier alpha value is -1.88. The zero-order chi connectivity index (χ0) is 15.2. The lowest BCUT2D eigenvalue weighted by Crippen LogP contribution is -2.45. The predicted molar refractivity (Wildman–Crippen MR) is 78.1 cm³/mol. The van der Waals surface area contributed by atoms with Gasteiger partial charge in [0.15, 0.2) is 0 Å². The highest BCUT2D eigenvalue weighted by Crippen LogP contribution is 2.21. The van der Waals surface area contributed by atoms with E-state index in [1.807, 2.05) is 12.1 Å². The van der Waals surface area contributed by atoms with E-state index in [1.54, 1.807) is 19.2 Å². The van der Waals surface area contributed by atoms with Crippen molar-refractivity contribution < 1.29 is 19.4 Å². The molecule has 1 aliphatic rings. The Labute approximate surface area is 124 Å². The molecular weight excluding hydrogens is 270 g/mol. The molecule has 0 bridgehead atoms. The van der Waals surface area contributed by atoms with Gasteiger partial charge in [0, 0.05) is 19.2 Å². The Bertz CT molecular complexity index is 515. The van der Waals surface area contributed by atoms with E-state index in [0.29, 0.717) is 25.1 Å². The largest absolute Gasteiger partial charge is 0.480 e. The summed E-state index contributed by atoms with van der Waals surface area (Å²) < 4.78 is 5.12. The zero-order valence-electron chi connectivity index (χ0n) is 12.2. The van der Waals surface area contributed by atoms with Crippen molar-refractivity contribution in [3.05, 3.63) is 35.4 Å². The lowest BCUT2D eigenvalue weighted by molar-refractivity contribution is -0.142. The van der Waals surface area contributed by atoms with Gasteiger partial charge in [-0.2, -0.15) is 0 Å². The molecule has 5 nitrogen and oxygen atoms in total. The second-order valence-electron chi connectivity index (χ2n) is 5.29. The molecule has 0 spiro atoms. The maximum Gasteiger partial charge on any atom is 0.326 e. The summed E-state index contributed by atoms with van der Waals surface area (Å²) in [6, 6.07) is 6.49. The van der Waals surface area contributed by atoms with Crippen LogP contribution in [0.1, 0.15) is 41.6 Å². The third-order valence-corrected chi connectivity index (χ3v) is 3.85. The fourth-order valence-corrected chi connectivity index (χ4v) is 2.77. The summed E-state index contributed by atoms with van der Waals surface area (Å²) in [7, 11) is 1.58. The van der Waals surface area contributed by atoms with Gasteiger partial charge in [-0.15, -0.1) is 0 Å². The van der Waals surface area contributed by atoms with Crippen molar-refractivity contribution in [1.82, 2.24) is 4.90 Å². The summed E-state index contributed by atoms with van der Waals surface area (Å²) in [4.78, 5) is 25.7. The van der Waals surface area contributed by atoms with Gasteiger partial charge >= 0.3 is 5.97 Å². The molecular formula is C16H21NO4. The molecule has 0 aromatic heterocycles. The molecule has 1 saturated heterocycles. The number of carbonyl (C=O) groups excluding carboxylic acids is 1. The number of likely N-dealkylation sites (tertiary alicyclic amines) is 1. The fourth-order valence-electron chi connectivity index (χ4n) is 2.77. The molecule has 5 heteroatoms. The Kier molecular flexibility index (Phi) is 5.33. The van der Waals surface area contributed by atoms with Gasteiger partial charge in [0.2, 0.25) is 0 Å². The smallest absolute Gasteiger partial charge is 0.326 e. The van der Waals surface area contributed by atoms with Gasteiger partial charge in [0.05, 0.1) is 6.61 Å². The number of amides is 1.